The number of hydrogen-bond acceptors (Lipinski definition) is 5. The van der Waals surface area contributed by atoms with E-state index in [2.05, 4.69) is 44.3 Å². The molecule has 2 aromatic carbocycles. The highest BCUT2D eigenvalue weighted by molar-refractivity contribution is 9.08. The van der Waals surface area contributed by atoms with Gasteiger partial charge in [-0.2, -0.15) is 10.2 Å². The van der Waals surface area contributed by atoms with Gasteiger partial charge in [0, 0.05) is 29.3 Å². The molecule has 0 aliphatic carbocycles. The van der Waals surface area contributed by atoms with Gasteiger partial charge in [-0.3, -0.25) is 4.79 Å². The van der Waals surface area contributed by atoms with Gasteiger partial charge in [-0.1, -0.05) is 40.2 Å². The van der Waals surface area contributed by atoms with Gasteiger partial charge >= 0.3 is 5.97 Å². The van der Waals surface area contributed by atoms with Crippen LogP contribution in [0.2, 0.25) is 0 Å². The highest BCUT2D eigenvalue weighted by atomic mass is 79.9. The number of halogens is 1. The lowest BCUT2D eigenvalue weighted by Gasteiger charge is -2.23. The lowest BCUT2D eigenvalue weighted by molar-refractivity contribution is -0.136. The molecule has 190 valence electrons. The van der Waals surface area contributed by atoms with Crippen LogP contribution in [0, 0.1) is 0 Å². The molecule has 0 bridgehead atoms. The Morgan fingerprint density at radius 3 is 1.86 bits per heavy atom. The molecule has 2 unspecified atom stereocenters. The number of aliphatic carboxylic acids is 1. The number of hydrogen-bond donors (Lipinski definition) is 1. The number of carbonyl (C=O) groups is 1. The third-order valence-corrected chi connectivity index (χ3v) is 7.41. The normalized spacial score (nSPS) is 20.2. The van der Waals surface area contributed by atoms with Crippen LogP contribution in [0.3, 0.4) is 0 Å². The van der Waals surface area contributed by atoms with E-state index in [0.717, 1.165) is 60.7 Å². The fraction of sp³-hybridized carbons (Fsp3) is 0.444. The molecule has 4 heterocycles. The molecule has 6 rings (SSSR count). The van der Waals surface area contributed by atoms with Crippen molar-refractivity contribution in [3.63, 3.8) is 0 Å². The average molecular weight is 555 g/mol. The molecule has 2 atom stereocenters. The van der Waals surface area contributed by atoms with Gasteiger partial charge in [0.25, 0.3) is 0 Å². The summed E-state index contributed by atoms with van der Waals surface area (Å²) in [5.41, 5.74) is 4.20. The van der Waals surface area contributed by atoms with Gasteiger partial charge in [0.2, 0.25) is 0 Å². The van der Waals surface area contributed by atoms with Gasteiger partial charge in [0.1, 0.15) is 0 Å². The zero-order chi connectivity index (χ0) is 24.9. The summed E-state index contributed by atoms with van der Waals surface area (Å²) in [5.74, 6) is -0.825. The molecule has 0 spiro atoms. The molecule has 2 aliphatic rings. The van der Waals surface area contributed by atoms with Gasteiger partial charge in [0.15, 0.2) is 12.5 Å². The van der Waals surface area contributed by atoms with Crippen LogP contribution >= 0.6 is 15.9 Å². The minimum atomic E-state index is -0.825. The summed E-state index contributed by atoms with van der Waals surface area (Å²) in [4.78, 5) is 10.9. The van der Waals surface area contributed by atoms with Gasteiger partial charge in [-0.05, 0) is 61.8 Å². The standard InChI is InChI=1S/C14H16N2O3.C13H15BrN2O/c17-14(18)8-10-4-3-5-12-11(10)9-15-16(12)13-6-1-2-7-19-13;14-8-10-4-3-5-12-11(10)9-15-16(12)13-6-1-2-7-17-13/h3-5,9,13H,1-2,6-8H2,(H,17,18);3-5,9,13H,1-2,6-8H2. The van der Waals surface area contributed by atoms with Gasteiger partial charge in [-0.15, -0.1) is 0 Å². The van der Waals surface area contributed by atoms with E-state index in [-0.39, 0.29) is 18.9 Å². The number of carboxylic acids is 1. The van der Waals surface area contributed by atoms with Crippen LogP contribution in [0.4, 0.5) is 0 Å². The highest BCUT2D eigenvalue weighted by Gasteiger charge is 2.20. The van der Waals surface area contributed by atoms with Gasteiger partial charge < -0.3 is 14.6 Å². The van der Waals surface area contributed by atoms with E-state index in [1.54, 1.807) is 6.20 Å². The molecular formula is C27H31BrN4O4. The summed E-state index contributed by atoms with van der Waals surface area (Å²) < 4.78 is 15.4. The first kappa shape index (κ1) is 24.9. The monoisotopic (exact) mass is 554 g/mol. The number of benzene rings is 2. The molecular weight excluding hydrogens is 524 g/mol. The van der Waals surface area contributed by atoms with Crippen molar-refractivity contribution in [1.82, 2.24) is 19.6 Å². The summed E-state index contributed by atoms with van der Waals surface area (Å²) in [7, 11) is 0. The van der Waals surface area contributed by atoms with Gasteiger partial charge in [-0.25, -0.2) is 9.36 Å². The van der Waals surface area contributed by atoms with E-state index in [9.17, 15) is 4.79 Å². The maximum absolute atomic E-state index is 10.9. The Morgan fingerprint density at radius 2 is 1.39 bits per heavy atom. The van der Waals surface area contributed by atoms with Crippen molar-refractivity contribution in [2.45, 2.75) is 62.7 Å². The second kappa shape index (κ2) is 11.5. The molecule has 1 N–H and O–H groups in total. The molecule has 36 heavy (non-hydrogen) atoms. The maximum atomic E-state index is 10.9. The predicted molar refractivity (Wildman–Crippen MR) is 141 cm³/mol. The highest BCUT2D eigenvalue weighted by Crippen LogP contribution is 2.29. The third kappa shape index (κ3) is 5.33. The van der Waals surface area contributed by atoms with Crippen LogP contribution in [0.1, 0.15) is 62.1 Å². The average Bonchev–Trinajstić information content (AvgIpc) is 3.55. The van der Waals surface area contributed by atoms with Crippen molar-refractivity contribution in [3.8, 4) is 0 Å². The van der Waals surface area contributed by atoms with Crippen LogP contribution in [-0.4, -0.2) is 43.9 Å². The minimum absolute atomic E-state index is 0.0219. The van der Waals surface area contributed by atoms with Crippen LogP contribution in [0.25, 0.3) is 21.8 Å². The smallest absolute Gasteiger partial charge is 0.307 e. The minimum Gasteiger partial charge on any atom is -0.481 e. The molecule has 2 aliphatic heterocycles. The topological polar surface area (TPSA) is 91.4 Å². The Balaban J connectivity index is 0.000000149. The number of rotatable bonds is 5. The molecule has 2 saturated heterocycles. The van der Waals surface area contributed by atoms with E-state index < -0.39 is 5.97 Å². The first-order valence-corrected chi connectivity index (χ1v) is 13.7. The second-order valence-electron chi connectivity index (χ2n) is 9.22. The second-order valence-corrected chi connectivity index (χ2v) is 9.79. The Bertz CT molecular complexity index is 1320. The zero-order valence-corrected chi connectivity index (χ0v) is 21.8. The van der Waals surface area contributed by atoms with Crippen LogP contribution in [0.5, 0.6) is 0 Å². The first-order valence-electron chi connectivity index (χ1n) is 12.6. The lowest BCUT2D eigenvalue weighted by Crippen LogP contribution is -2.18. The van der Waals surface area contributed by atoms with E-state index in [4.69, 9.17) is 14.6 Å². The Hall–Kier alpha value is -2.75. The molecule has 0 saturated carbocycles. The molecule has 0 radical (unpaired) electrons. The van der Waals surface area contributed by atoms with E-state index in [0.29, 0.717) is 0 Å². The summed E-state index contributed by atoms with van der Waals surface area (Å²) in [6.07, 6.45) is 10.5. The Morgan fingerprint density at radius 1 is 0.861 bits per heavy atom. The molecule has 8 nitrogen and oxygen atoms in total. The summed E-state index contributed by atoms with van der Waals surface area (Å²) in [6, 6.07) is 12.0. The summed E-state index contributed by atoms with van der Waals surface area (Å²) >= 11 is 3.52. The maximum Gasteiger partial charge on any atom is 0.307 e. The summed E-state index contributed by atoms with van der Waals surface area (Å²) in [5, 5.41) is 20.8. The fourth-order valence-electron chi connectivity index (χ4n) is 4.99. The van der Waals surface area contributed by atoms with E-state index in [1.807, 2.05) is 33.8 Å². The quantitative estimate of drug-likeness (QED) is 0.304. The van der Waals surface area contributed by atoms with E-state index in [1.165, 1.54) is 29.3 Å². The summed E-state index contributed by atoms with van der Waals surface area (Å²) in [6.45, 7) is 1.62. The Labute approximate surface area is 218 Å². The number of alkyl halides is 1. The molecule has 2 fully saturated rings. The SMILES string of the molecule is BrCc1cccc2c1cnn2C1CCCCO1.O=C(O)Cc1cccc2c1cnn2C1CCCCO1. The third-order valence-electron chi connectivity index (χ3n) is 6.81. The van der Waals surface area contributed by atoms with Gasteiger partial charge in [0.05, 0.1) is 29.8 Å². The van der Waals surface area contributed by atoms with Crippen LogP contribution < -0.4 is 0 Å². The van der Waals surface area contributed by atoms with Crippen molar-refractivity contribution in [2.75, 3.05) is 13.2 Å². The zero-order valence-electron chi connectivity index (χ0n) is 20.2. The van der Waals surface area contributed by atoms with Crippen molar-refractivity contribution in [3.05, 3.63) is 59.9 Å². The molecule has 4 aromatic rings. The number of carboxylic acid groups (broad SMARTS) is 1. The van der Waals surface area contributed by atoms with E-state index >= 15 is 0 Å². The fourth-order valence-corrected chi connectivity index (χ4v) is 5.48. The molecule has 0 amide bonds. The number of fused-ring (bicyclic) bond motifs is 2. The molecule has 2 aromatic heterocycles. The molecule has 9 heteroatoms. The van der Waals surface area contributed by atoms with Crippen LogP contribution in [0.15, 0.2) is 48.8 Å². The number of nitrogens with zero attached hydrogens (tertiary/aromatic N) is 4. The lowest BCUT2D eigenvalue weighted by atomic mass is 10.1. The number of ether oxygens (including phenoxy) is 2. The van der Waals surface area contributed by atoms with Crippen molar-refractivity contribution in [1.29, 1.82) is 0 Å². The van der Waals surface area contributed by atoms with Crippen molar-refractivity contribution < 1.29 is 19.4 Å². The first-order chi connectivity index (χ1) is 17.7. The van der Waals surface area contributed by atoms with Crippen LogP contribution in [-0.2, 0) is 26.0 Å². The largest absolute Gasteiger partial charge is 0.481 e. The van der Waals surface area contributed by atoms with Crippen molar-refractivity contribution in [2.24, 2.45) is 0 Å². The van der Waals surface area contributed by atoms with Crippen molar-refractivity contribution >= 4 is 43.7 Å². The predicted octanol–water partition coefficient (Wildman–Crippen LogP) is 5.99. The Kier molecular flexibility index (Phi) is 7.99. The number of aromatic nitrogens is 4.